The number of alkyl halides is 2. The van der Waals surface area contributed by atoms with E-state index in [1.165, 1.54) is 18.1 Å². The van der Waals surface area contributed by atoms with E-state index in [0.29, 0.717) is 12.1 Å². The molecule has 0 radical (unpaired) electrons. The van der Waals surface area contributed by atoms with Crippen LogP contribution in [0.4, 0.5) is 14.5 Å². The summed E-state index contributed by atoms with van der Waals surface area (Å²) in [6, 6.07) is 11.9. The largest absolute Gasteiger partial charge is 0.493 e. The van der Waals surface area contributed by atoms with Gasteiger partial charge in [-0.05, 0) is 42.0 Å². The van der Waals surface area contributed by atoms with E-state index in [1.807, 2.05) is 12.1 Å². The topological polar surface area (TPSA) is 50.8 Å². The first-order chi connectivity index (χ1) is 11.9. The minimum atomic E-state index is -2.90. The van der Waals surface area contributed by atoms with Gasteiger partial charge in [-0.3, -0.25) is 4.79 Å². The summed E-state index contributed by atoms with van der Waals surface area (Å²) >= 11 is 0. The smallest absolute Gasteiger partial charge is 0.387 e. The Morgan fingerprint density at radius 1 is 1.12 bits per heavy atom. The average molecular weight is 350 g/mol. The van der Waals surface area contributed by atoms with Crippen LogP contribution in [0.15, 0.2) is 42.5 Å². The molecule has 0 unspecified atom stereocenters. The van der Waals surface area contributed by atoms with Crippen molar-refractivity contribution in [2.45, 2.75) is 13.2 Å². The summed E-state index contributed by atoms with van der Waals surface area (Å²) in [5.41, 5.74) is 2.28. The van der Waals surface area contributed by atoms with Crippen LogP contribution >= 0.6 is 0 Å². The molecule has 0 bridgehead atoms. The monoisotopic (exact) mass is 350 g/mol. The van der Waals surface area contributed by atoms with Crippen LogP contribution < -0.4 is 14.8 Å². The molecular weight excluding hydrogens is 330 g/mol. The highest BCUT2D eigenvalue weighted by Crippen LogP contribution is 2.29. The van der Waals surface area contributed by atoms with Gasteiger partial charge < -0.3 is 19.7 Å². The standard InChI is InChI=1S/C18H20F2N2O3/c1-22(2)17(23)13-5-7-14(8-6-13)21-11-12-4-9-15(25-18(19)20)16(10-12)24-3/h4-10,18,21H,11H2,1-3H3. The highest BCUT2D eigenvalue weighted by Gasteiger charge is 2.11. The number of nitrogens with one attached hydrogen (secondary N) is 1. The molecule has 7 heteroatoms. The lowest BCUT2D eigenvalue weighted by molar-refractivity contribution is -0.0512. The Balaban J connectivity index is 2.02. The highest BCUT2D eigenvalue weighted by atomic mass is 19.3. The third-order valence-corrected chi connectivity index (χ3v) is 3.48. The third-order valence-electron chi connectivity index (χ3n) is 3.48. The molecule has 5 nitrogen and oxygen atoms in total. The molecule has 0 fully saturated rings. The number of hydrogen-bond donors (Lipinski definition) is 1. The Hall–Kier alpha value is -2.83. The van der Waals surface area contributed by atoms with Crippen molar-refractivity contribution in [1.82, 2.24) is 4.90 Å². The second-order valence-corrected chi connectivity index (χ2v) is 5.49. The summed E-state index contributed by atoms with van der Waals surface area (Å²) in [5, 5.41) is 3.20. The Bertz CT molecular complexity index is 719. The third kappa shape index (κ3) is 5.07. The molecular formula is C18H20F2N2O3. The van der Waals surface area contributed by atoms with Gasteiger partial charge in [0.2, 0.25) is 0 Å². The second-order valence-electron chi connectivity index (χ2n) is 5.49. The maximum Gasteiger partial charge on any atom is 0.387 e. The van der Waals surface area contributed by atoms with E-state index in [9.17, 15) is 13.6 Å². The molecule has 0 aliphatic rings. The summed E-state index contributed by atoms with van der Waals surface area (Å²) < 4.78 is 34.1. The minimum Gasteiger partial charge on any atom is -0.493 e. The molecule has 134 valence electrons. The summed E-state index contributed by atoms with van der Waals surface area (Å²) in [6.07, 6.45) is 0. The first-order valence-electron chi connectivity index (χ1n) is 7.58. The zero-order chi connectivity index (χ0) is 18.4. The SMILES string of the molecule is COc1cc(CNc2ccc(C(=O)N(C)C)cc2)ccc1OC(F)F. The number of anilines is 1. The van der Waals surface area contributed by atoms with Crippen LogP contribution in [-0.2, 0) is 6.54 Å². The lowest BCUT2D eigenvalue weighted by Gasteiger charge is -2.13. The average Bonchev–Trinajstić information content (AvgIpc) is 2.60. The van der Waals surface area contributed by atoms with Gasteiger partial charge in [0.25, 0.3) is 5.91 Å². The van der Waals surface area contributed by atoms with Crippen LogP contribution in [0.25, 0.3) is 0 Å². The van der Waals surface area contributed by atoms with E-state index in [4.69, 9.17) is 4.74 Å². The quantitative estimate of drug-likeness (QED) is 0.829. The molecule has 0 aliphatic carbocycles. The Labute approximate surface area is 145 Å². The fourth-order valence-corrected chi connectivity index (χ4v) is 2.21. The lowest BCUT2D eigenvalue weighted by Crippen LogP contribution is -2.21. The normalized spacial score (nSPS) is 10.5. The number of nitrogens with zero attached hydrogens (tertiary/aromatic N) is 1. The van der Waals surface area contributed by atoms with Gasteiger partial charge in [-0.25, -0.2) is 0 Å². The molecule has 0 saturated carbocycles. The Kier molecular flexibility index (Phi) is 6.16. The minimum absolute atomic E-state index is 0.00667. The van der Waals surface area contributed by atoms with Crippen LogP contribution in [-0.4, -0.2) is 38.6 Å². The van der Waals surface area contributed by atoms with Crippen LogP contribution in [0.3, 0.4) is 0 Å². The molecule has 25 heavy (non-hydrogen) atoms. The van der Waals surface area contributed by atoms with Crippen molar-refractivity contribution in [2.75, 3.05) is 26.5 Å². The Morgan fingerprint density at radius 3 is 2.36 bits per heavy atom. The number of rotatable bonds is 7. The summed E-state index contributed by atoms with van der Waals surface area (Å²) in [6.45, 7) is -2.44. The molecule has 2 aromatic carbocycles. The summed E-state index contributed by atoms with van der Waals surface area (Å²) in [4.78, 5) is 13.4. The number of hydrogen-bond acceptors (Lipinski definition) is 4. The van der Waals surface area contributed by atoms with E-state index in [1.54, 1.807) is 38.4 Å². The first-order valence-corrected chi connectivity index (χ1v) is 7.58. The van der Waals surface area contributed by atoms with Gasteiger partial charge in [-0.15, -0.1) is 0 Å². The van der Waals surface area contributed by atoms with Gasteiger partial charge in [0.1, 0.15) is 0 Å². The van der Waals surface area contributed by atoms with Gasteiger partial charge in [0, 0.05) is 31.9 Å². The van der Waals surface area contributed by atoms with Crippen molar-refractivity contribution in [3.8, 4) is 11.5 Å². The molecule has 0 aliphatic heterocycles. The highest BCUT2D eigenvalue weighted by molar-refractivity contribution is 5.94. The van der Waals surface area contributed by atoms with E-state index in [0.717, 1.165) is 11.3 Å². The zero-order valence-electron chi connectivity index (χ0n) is 14.3. The fraction of sp³-hybridized carbons (Fsp3) is 0.278. The Morgan fingerprint density at radius 2 is 1.80 bits per heavy atom. The van der Waals surface area contributed by atoms with Crippen molar-refractivity contribution in [3.05, 3.63) is 53.6 Å². The van der Waals surface area contributed by atoms with Gasteiger partial charge >= 0.3 is 6.61 Å². The van der Waals surface area contributed by atoms with E-state index in [-0.39, 0.29) is 17.4 Å². The molecule has 0 atom stereocenters. The maximum absolute atomic E-state index is 12.3. The van der Waals surface area contributed by atoms with Crippen LogP contribution in [0.1, 0.15) is 15.9 Å². The van der Waals surface area contributed by atoms with Gasteiger partial charge in [0.15, 0.2) is 11.5 Å². The molecule has 2 rings (SSSR count). The van der Waals surface area contributed by atoms with Crippen molar-refractivity contribution >= 4 is 11.6 Å². The van der Waals surface area contributed by atoms with Crippen LogP contribution in [0.2, 0.25) is 0 Å². The van der Waals surface area contributed by atoms with E-state index >= 15 is 0 Å². The molecule has 2 aromatic rings. The molecule has 0 heterocycles. The van der Waals surface area contributed by atoms with Gasteiger partial charge in [0.05, 0.1) is 7.11 Å². The maximum atomic E-state index is 12.3. The summed E-state index contributed by atoms with van der Waals surface area (Å²) in [5.74, 6) is 0.172. The van der Waals surface area contributed by atoms with Crippen molar-refractivity contribution in [1.29, 1.82) is 0 Å². The molecule has 1 N–H and O–H groups in total. The van der Waals surface area contributed by atoms with E-state index in [2.05, 4.69) is 10.1 Å². The predicted molar refractivity (Wildman–Crippen MR) is 91.4 cm³/mol. The first kappa shape index (κ1) is 18.5. The molecule has 0 spiro atoms. The zero-order valence-corrected chi connectivity index (χ0v) is 14.3. The van der Waals surface area contributed by atoms with Crippen LogP contribution in [0, 0.1) is 0 Å². The predicted octanol–water partition coefficient (Wildman–Crippen LogP) is 3.61. The fourth-order valence-electron chi connectivity index (χ4n) is 2.21. The van der Waals surface area contributed by atoms with Gasteiger partial charge in [-0.1, -0.05) is 6.07 Å². The second kappa shape index (κ2) is 8.32. The number of amides is 1. The lowest BCUT2D eigenvalue weighted by atomic mass is 10.1. The summed E-state index contributed by atoms with van der Waals surface area (Å²) in [7, 11) is 4.79. The van der Waals surface area contributed by atoms with Crippen molar-refractivity contribution in [3.63, 3.8) is 0 Å². The van der Waals surface area contributed by atoms with Gasteiger partial charge in [-0.2, -0.15) is 8.78 Å². The number of ether oxygens (including phenoxy) is 2. The van der Waals surface area contributed by atoms with Crippen LogP contribution in [0.5, 0.6) is 11.5 Å². The van der Waals surface area contributed by atoms with E-state index < -0.39 is 6.61 Å². The molecule has 1 amide bonds. The molecule has 0 aromatic heterocycles. The number of benzene rings is 2. The number of methoxy groups -OCH3 is 1. The van der Waals surface area contributed by atoms with Crippen molar-refractivity contribution < 1.29 is 23.0 Å². The number of halogens is 2. The number of carbonyl (C=O) groups is 1. The van der Waals surface area contributed by atoms with Crippen molar-refractivity contribution in [2.24, 2.45) is 0 Å². The molecule has 0 saturated heterocycles. The number of carbonyl (C=O) groups excluding carboxylic acids is 1.